The summed E-state index contributed by atoms with van der Waals surface area (Å²) in [6.45, 7) is 10.4. The third kappa shape index (κ3) is 13.3. The number of fused-ring (bicyclic) bond motifs is 10. The molecule has 5 heterocycles. The highest BCUT2D eigenvalue weighted by Gasteiger charge is 2.43. The van der Waals surface area contributed by atoms with Gasteiger partial charge in [0.1, 0.15) is 41.9 Å². The van der Waals surface area contributed by atoms with Crippen LogP contribution in [0.15, 0.2) is 79.1 Å². The summed E-state index contributed by atoms with van der Waals surface area (Å²) in [6, 6.07) is 17.7. The van der Waals surface area contributed by atoms with Gasteiger partial charge >= 0.3 is 0 Å². The number of carbonyl (C=O) groups excluding carboxylic acids is 5. The van der Waals surface area contributed by atoms with Crippen molar-refractivity contribution in [3.8, 4) is 16.9 Å². The number of hydrogen-bond donors (Lipinski definition) is 4. The number of aromatic nitrogens is 3. The van der Waals surface area contributed by atoms with E-state index in [1.54, 1.807) is 43.1 Å². The molecular weight excluding hydrogens is 1020 g/mol. The monoisotopic (exact) mass is 1100 g/mol. The number of anilines is 2. The molecule has 0 saturated carbocycles. The highest BCUT2D eigenvalue weighted by atomic mass is 19.1. The van der Waals surface area contributed by atoms with Crippen molar-refractivity contribution < 1.29 is 42.6 Å². The minimum absolute atomic E-state index is 0.0696. The molecule has 4 amide bonds. The van der Waals surface area contributed by atoms with Crippen LogP contribution in [-0.2, 0) is 61.1 Å². The summed E-state index contributed by atoms with van der Waals surface area (Å²) in [4.78, 5) is 79.1. The van der Waals surface area contributed by atoms with Crippen LogP contribution in [0.3, 0.4) is 0 Å². The van der Waals surface area contributed by atoms with E-state index in [9.17, 15) is 28.4 Å². The summed E-state index contributed by atoms with van der Waals surface area (Å²) in [6.07, 6.45) is 9.42. The number of nitrogens with one attached hydrogen (secondary N) is 3. The van der Waals surface area contributed by atoms with Crippen LogP contribution in [0.25, 0.3) is 11.1 Å². The van der Waals surface area contributed by atoms with Crippen LogP contribution >= 0.6 is 0 Å². The fourth-order valence-electron chi connectivity index (χ4n) is 11.5. The Labute approximate surface area is 468 Å². The summed E-state index contributed by atoms with van der Waals surface area (Å²) >= 11 is 0. The van der Waals surface area contributed by atoms with Gasteiger partial charge in [-0.15, -0.1) is 0 Å². The lowest BCUT2D eigenvalue weighted by Gasteiger charge is -2.41. The van der Waals surface area contributed by atoms with Crippen molar-refractivity contribution in [3.63, 3.8) is 0 Å². The number of aryl methyl sites for hydroxylation is 2. The molecule has 0 radical (unpaired) electrons. The average Bonchev–Trinajstić information content (AvgIpc) is 4.21. The molecule has 18 nitrogen and oxygen atoms in total. The number of carbonyl (C=O) groups is 5. The van der Waals surface area contributed by atoms with E-state index >= 15 is 0 Å². The van der Waals surface area contributed by atoms with Crippen LogP contribution in [0, 0.1) is 11.2 Å². The Hall–Kier alpha value is -7.22. The maximum atomic E-state index is 14.7. The lowest BCUT2D eigenvalue weighted by atomic mass is 9.83. The number of Topliss-reactive ketones (excluding diaryl/α,β-unsaturated/α-hetero) is 1. The van der Waals surface area contributed by atoms with Crippen molar-refractivity contribution in [1.82, 2.24) is 40.5 Å². The van der Waals surface area contributed by atoms with Gasteiger partial charge in [-0.05, 0) is 122 Å². The topological polar surface area (TPSA) is 216 Å². The Bertz CT molecular complexity index is 3070. The summed E-state index contributed by atoms with van der Waals surface area (Å²) in [5.41, 5.74) is 14.0. The standard InChI is InChI=1S/C61H77FN10O8/c1-38(64-5)57(74)67-55(61(2,3)4)60(77)72-35-42-30-45(20-18-40(42)31-54(72)58(75)66-50-16-9-13-39-12-7-8-15-46(39)50)80-29-28-79-27-26-78-25-22-44(73)14-10-23-70-36-49-41-32-53(56(63)65-34-41)71-24-11-17-52(71)48-33-43(62)19-21-47(48)59(76)69(6)37-51(49)68-70/h7-8,12,15,18-21,30,32-34,36,38,50,52,54-55,64H,9-11,13-14,16-17,22-29,31,35,37H2,1-6H3,(H2,63,65)(H,66,75)(H,67,74)/t38-,50+,52+,54-,55+/m0/s1. The van der Waals surface area contributed by atoms with Gasteiger partial charge in [-0.3, -0.25) is 28.7 Å². The molecule has 1 aliphatic carbocycles. The van der Waals surface area contributed by atoms with Gasteiger partial charge in [0.05, 0.1) is 62.5 Å². The molecule has 19 heteroatoms. The van der Waals surface area contributed by atoms with Gasteiger partial charge in [0, 0.05) is 75.0 Å². The Morgan fingerprint density at radius 2 is 1.66 bits per heavy atom. The fraction of sp³-hybridized carbons (Fsp3) is 0.492. The largest absolute Gasteiger partial charge is 0.491 e. The first-order valence-electron chi connectivity index (χ1n) is 28.2. The van der Waals surface area contributed by atoms with Crippen molar-refractivity contribution in [2.24, 2.45) is 5.41 Å². The number of hydrogen-bond acceptors (Lipinski definition) is 13. The van der Waals surface area contributed by atoms with E-state index in [4.69, 9.17) is 25.0 Å². The van der Waals surface area contributed by atoms with Gasteiger partial charge in [-0.1, -0.05) is 51.1 Å². The van der Waals surface area contributed by atoms with Gasteiger partial charge in [0.15, 0.2) is 0 Å². The summed E-state index contributed by atoms with van der Waals surface area (Å²) in [7, 11) is 3.41. The van der Waals surface area contributed by atoms with Crippen LogP contribution in [-0.4, -0.2) is 126 Å². The second kappa shape index (κ2) is 25.5. The lowest BCUT2D eigenvalue weighted by Crippen LogP contribution is -2.62. The molecule has 4 aliphatic rings. The number of rotatable bonds is 20. The predicted molar refractivity (Wildman–Crippen MR) is 302 cm³/mol. The van der Waals surface area contributed by atoms with Crippen LogP contribution < -0.4 is 31.3 Å². The predicted octanol–water partition coefficient (Wildman–Crippen LogP) is 7.03. The number of likely N-dealkylation sites (N-methyl/N-ethyl adjacent to an activating group) is 1. The number of benzene rings is 3. The summed E-state index contributed by atoms with van der Waals surface area (Å²) in [5.74, 6) is -0.453. The first-order valence-corrected chi connectivity index (χ1v) is 28.2. The second-order valence-electron chi connectivity index (χ2n) is 22.7. The minimum atomic E-state index is -0.895. The molecule has 3 aromatic carbocycles. The fourth-order valence-corrected chi connectivity index (χ4v) is 11.5. The third-order valence-electron chi connectivity index (χ3n) is 16.0. The second-order valence-corrected chi connectivity index (χ2v) is 22.7. The van der Waals surface area contributed by atoms with Gasteiger partial charge in [-0.2, -0.15) is 5.10 Å². The van der Waals surface area contributed by atoms with E-state index < -0.39 is 29.4 Å². The van der Waals surface area contributed by atoms with Gasteiger partial charge in [0.25, 0.3) is 5.91 Å². The van der Waals surface area contributed by atoms with Gasteiger partial charge < -0.3 is 50.6 Å². The minimum Gasteiger partial charge on any atom is -0.491 e. The van der Waals surface area contributed by atoms with Crippen LogP contribution in [0.4, 0.5) is 15.9 Å². The van der Waals surface area contributed by atoms with Gasteiger partial charge in [0.2, 0.25) is 17.7 Å². The number of nitrogens with zero attached hydrogens (tertiary/aromatic N) is 6. The van der Waals surface area contributed by atoms with Crippen LogP contribution in [0.2, 0.25) is 0 Å². The number of ether oxygens (including phenoxy) is 3. The van der Waals surface area contributed by atoms with Crippen molar-refractivity contribution >= 4 is 40.9 Å². The molecule has 426 valence electrons. The Morgan fingerprint density at radius 1 is 0.875 bits per heavy atom. The Balaban J connectivity index is 0.735. The number of nitrogen functional groups attached to an aromatic ring is 1. The summed E-state index contributed by atoms with van der Waals surface area (Å²) < 4.78 is 34.2. The number of halogens is 1. The van der Waals surface area contributed by atoms with Crippen molar-refractivity contribution in [2.75, 3.05) is 64.3 Å². The highest BCUT2D eigenvalue weighted by molar-refractivity contribution is 5.96. The van der Waals surface area contributed by atoms with E-state index in [2.05, 4.69) is 38.0 Å². The first kappa shape index (κ1) is 57.5. The molecule has 5 aromatic rings. The van der Waals surface area contributed by atoms with Crippen LogP contribution in [0.5, 0.6) is 5.75 Å². The molecule has 3 aliphatic heterocycles. The molecule has 2 bridgehead atoms. The maximum absolute atomic E-state index is 14.7. The molecule has 5 atom stereocenters. The van der Waals surface area contributed by atoms with E-state index in [-0.39, 0.29) is 74.2 Å². The van der Waals surface area contributed by atoms with E-state index in [0.29, 0.717) is 80.6 Å². The number of ketones is 1. The maximum Gasteiger partial charge on any atom is 0.254 e. The molecule has 2 aromatic heterocycles. The van der Waals surface area contributed by atoms with Crippen molar-refractivity contribution in [1.29, 1.82) is 0 Å². The van der Waals surface area contributed by atoms with Crippen molar-refractivity contribution in [2.45, 2.75) is 135 Å². The van der Waals surface area contributed by atoms with Gasteiger partial charge in [-0.25, -0.2) is 9.37 Å². The number of nitrogens with two attached hydrogens (primary N) is 1. The number of pyridine rings is 1. The van der Waals surface area contributed by atoms with E-state index in [1.807, 2.05) is 68.0 Å². The third-order valence-corrected chi connectivity index (χ3v) is 16.0. The summed E-state index contributed by atoms with van der Waals surface area (Å²) in [5, 5.41) is 14.1. The SMILES string of the molecule is CN[C@@H](C)C(=O)N[C@H](C(=O)N1Cc2cc(OCCOCCOCCC(=O)CCCn3cc4c(n3)CN(C)C(=O)c3ccc(F)cc3[C@H]3CCCN3c3cc-4cnc3N)ccc2C[C@H]1C(=O)N[C@@H]1CCCc2ccccc21)C(C)(C)C. The molecule has 80 heavy (non-hydrogen) atoms. The number of amides is 4. The Kier molecular flexibility index (Phi) is 18.3. The molecule has 9 rings (SSSR count). The van der Waals surface area contributed by atoms with Crippen molar-refractivity contribution in [3.05, 3.63) is 124 Å². The first-order chi connectivity index (χ1) is 38.5. The molecule has 5 N–H and O–H groups in total. The lowest BCUT2D eigenvalue weighted by molar-refractivity contribution is -0.147. The Morgan fingerprint density at radius 3 is 2.46 bits per heavy atom. The zero-order valence-electron chi connectivity index (χ0n) is 47.0. The average molecular weight is 1100 g/mol. The molecular formula is C61H77FN10O8. The molecule has 0 spiro atoms. The molecule has 1 fully saturated rings. The van der Waals surface area contributed by atoms with E-state index in [0.717, 1.165) is 65.6 Å². The highest BCUT2D eigenvalue weighted by Crippen LogP contribution is 2.42. The quantitative estimate of drug-likeness (QED) is 0.0577. The zero-order chi connectivity index (χ0) is 56.7. The zero-order valence-corrected chi connectivity index (χ0v) is 47.0. The van der Waals surface area contributed by atoms with E-state index in [1.165, 1.54) is 17.7 Å². The van der Waals surface area contributed by atoms with Crippen LogP contribution in [0.1, 0.15) is 129 Å². The molecule has 1 saturated heterocycles. The normalized spacial score (nSPS) is 18.6. The molecule has 0 unspecified atom stereocenters. The smallest absolute Gasteiger partial charge is 0.254 e.